The summed E-state index contributed by atoms with van der Waals surface area (Å²) in [4.78, 5) is 23.6. The minimum absolute atomic E-state index is 0.0239. The van der Waals surface area contributed by atoms with E-state index in [1.165, 1.54) is 12.5 Å². The average molecular weight is 370 g/mol. The number of halogens is 1. The van der Waals surface area contributed by atoms with Gasteiger partial charge in [-0.2, -0.15) is 0 Å². The minimum Gasteiger partial charge on any atom is -0.370 e. The van der Waals surface area contributed by atoms with Crippen LogP contribution in [0.1, 0.15) is 54.5 Å². The maximum atomic E-state index is 13.7. The molecule has 0 saturated carbocycles. The molecule has 1 aromatic heterocycles. The molecule has 1 aliphatic heterocycles. The summed E-state index contributed by atoms with van der Waals surface area (Å²) >= 11 is 0. The van der Waals surface area contributed by atoms with Gasteiger partial charge in [-0.25, -0.2) is 14.4 Å². The zero-order chi connectivity index (χ0) is 19.2. The third kappa shape index (κ3) is 4.81. The Morgan fingerprint density at radius 2 is 2.11 bits per heavy atom. The van der Waals surface area contributed by atoms with Gasteiger partial charge in [-0.15, -0.1) is 0 Å². The summed E-state index contributed by atoms with van der Waals surface area (Å²) in [6.45, 7) is 5.23. The van der Waals surface area contributed by atoms with Crippen molar-refractivity contribution in [1.82, 2.24) is 14.9 Å². The van der Waals surface area contributed by atoms with Crippen molar-refractivity contribution in [2.75, 3.05) is 18.4 Å². The summed E-state index contributed by atoms with van der Waals surface area (Å²) in [7, 11) is 0. The normalized spacial score (nSPS) is 17.0. The molecule has 2 aromatic rings. The van der Waals surface area contributed by atoms with E-state index in [2.05, 4.69) is 22.2 Å². The van der Waals surface area contributed by atoms with E-state index in [0.29, 0.717) is 41.9 Å². The fourth-order valence-electron chi connectivity index (χ4n) is 3.63. The van der Waals surface area contributed by atoms with E-state index in [0.717, 1.165) is 25.8 Å². The fourth-order valence-corrected chi connectivity index (χ4v) is 3.63. The fraction of sp³-hybridized carbons (Fsp3) is 0.476. The molecule has 1 N–H and O–H groups in total. The molecule has 144 valence electrons. The van der Waals surface area contributed by atoms with Gasteiger partial charge in [0.15, 0.2) is 0 Å². The third-order valence-corrected chi connectivity index (χ3v) is 5.07. The topological polar surface area (TPSA) is 58.1 Å². The van der Waals surface area contributed by atoms with Crippen molar-refractivity contribution < 1.29 is 9.18 Å². The first-order valence-corrected chi connectivity index (χ1v) is 9.72. The number of nitrogens with zero attached hydrogens (tertiary/aromatic N) is 3. The number of amides is 1. The van der Waals surface area contributed by atoms with Gasteiger partial charge in [0.2, 0.25) is 0 Å². The van der Waals surface area contributed by atoms with Crippen LogP contribution in [0.5, 0.6) is 0 Å². The average Bonchev–Trinajstić information content (AvgIpc) is 2.68. The van der Waals surface area contributed by atoms with Crippen molar-refractivity contribution >= 4 is 11.7 Å². The molecular weight excluding hydrogens is 343 g/mol. The Morgan fingerprint density at radius 1 is 1.30 bits per heavy atom. The predicted molar refractivity (Wildman–Crippen MR) is 104 cm³/mol. The summed E-state index contributed by atoms with van der Waals surface area (Å²) in [5, 5.41) is 3.20. The molecule has 0 spiro atoms. The second-order valence-corrected chi connectivity index (χ2v) is 7.01. The van der Waals surface area contributed by atoms with Gasteiger partial charge in [-0.05, 0) is 50.7 Å². The molecule has 1 unspecified atom stereocenters. The quantitative estimate of drug-likeness (QED) is 0.835. The van der Waals surface area contributed by atoms with Gasteiger partial charge in [0.1, 0.15) is 23.2 Å². The molecule has 1 atom stereocenters. The predicted octanol–water partition coefficient (Wildman–Crippen LogP) is 3.98. The first-order chi connectivity index (χ1) is 13.1. The molecular formula is C21H27FN4O. The lowest BCUT2D eigenvalue weighted by Gasteiger charge is -2.35. The summed E-state index contributed by atoms with van der Waals surface area (Å²) in [5.74, 6) is 0.931. The zero-order valence-corrected chi connectivity index (χ0v) is 16.0. The highest BCUT2D eigenvalue weighted by Crippen LogP contribution is 2.22. The van der Waals surface area contributed by atoms with Crippen LogP contribution < -0.4 is 5.32 Å². The van der Waals surface area contributed by atoms with Crippen molar-refractivity contribution in [3.05, 3.63) is 53.2 Å². The molecule has 1 aliphatic rings. The Balaban J connectivity index is 1.68. The maximum Gasteiger partial charge on any atom is 0.272 e. The molecule has 1 amide bonds. The Labute approximate surface area is 160 Å². The van der Waals surface area contributed by atoms with E-state index >= 15 is 0 Å². The van der Waals surface area contributed by atoms with Crippen molar-refractivity contribution in [2.24, 2.45) is 0 Å². The highest BCUT2D eigenvalue weighted by molar-refractivity contribution is 5.93. The van der Waals surface area contributed by atoms with Crippen LogP contribution in [-0.2, 0) is 6.42 Å². The molecule has 0 radical (unpaired) electrons. The van der Waals surface area contributed by atoms with Gasteiger partial charge in [-0.1, -0.05) is 25.1 Å². The van der Waals surface area contributed by atoms with Crippen LogP contribution in [-0.4, -0.2) is 39.9 Å². The second kappa shape index (κ2) is 8.93. The van der Waals surface area contributed by atoms with Gasteiger partial charge >= 0.3 is 0 Å². The number of carbonyl (C=O) groups is 1. The smallest absolute Gasteiger partial charge is 0.272 e. The number of aromatic nitrogens is 2. The highest BCUT2D eigenvalue weighted by atomic mass is 19.1. The summed E-state index contributed by atoms with van der Waals surface area (Å²) in [5.41, 5.74) is 1.09. The lowest BCUT2D eigenvalue weighted by molar-refractivity contribution is 0.0601. The lowest BCUT2D eigenvalue weighted by atomic mass is 9.99. The second-order valence-electron chi connectivity index (χ2n) is 7.01. The van der Waals surface area contributed by atoms with Crippen molar-refractivity contribution in [1.29, 1.82) is 0 Å². The third-order valence-electron chi connectivity index (χ3n) is 5.07. The molecule has 0 aliphatic carbocycles. The van der Waals surface area contributed by atoms with Gasteiger partial charge in [0.05, 0.1) is 0 Å². The molecule has 1 saturated heterocycles. The zero-order valence-electron chi connectivity index (χ0n) is 16.0. The summed E-state index contributed by atoms with van der Waals surface area (Å²) in [6, 6.07) is 8.74. The van der Waals surface area contributed by atoms with Gasteiger partial charge in [-0.3, -0.25) is 4.79 Å². The summed E-state index contributed by atoms with van der Waals surface area (Å²) < 4.78 is 13.7. The Bertz CT molecular complexity index is 796. The Morgan fingerprint density at radius 3 is 2.89 bits per heavy atom. The number of anilines is 1. The van der Waals surface area contributed by atoms with Crippen LogP contribution in [0.25, 0.3) is 0 Å². The lowest BCUT2D eigenvalue weighted by Crippen LogP contribution is -2.43. The number of rotatable bonds is 6. The van der Waals surface area contributed by atoms with E-state index in [-0.39, 0.29) is 11.7 Å². The number of likely N-dealkylation sites (tertiary alicyclic amines) is 1. The first-order valence-electron chi connectivity index (χ1n) is 9.72. The molecule has 1 aromatic carbocycles. The summed E-state index contributed by atoms with van der Waals surface area (Å²) in [6.07, 6.45) is 4.78. The van der Waals surface area contributed by atoms with Crippen LogP contribution in [0.4, 0.5) is 10.2 Å². The number of carbonyl (C=O) groups excluding carboxylic acids is 1. The van der Waals surface area contributed by atoms with Gasteiger partial charge < -0.3 is 10.2 Å². The van der Waals surface area contributed by atoms with Crippen LogP contribution in [0.3, 0.4) is 0 Å². The van der Waals surface area contributed by atoms with E-state index in [9.17, 15) is 9.18 Å². The standard InChI is InChI=1S/C21H27FN4O/c1-3-17-9-6-7-13-26(17)21(27)19-14-20(25-15(2)24-19)23-12-11-16-8-4-5-10-18(16)22/h4-5,8,10,14,17H,3,6-7,9,11-13H2,1-2H3,(H,23,24,25). The number of nitrogens with one attached hydrogen (secondary N) is 1. The van der Waals surface area contributed by atoms with E-state index in [1.54, 1.807) is 25.1 Å². The molecule has 27 heavy (non-hydrogen) atoms. The number of hydrogen-bond donors (Lipinski definition) is 1. The number of aryl methyl sites for hydroxylation is 1. The monoisotopic (exact) mass is 370 g/mol. The van der Waals surface area contributed by atoms with Crippen LogP contribution >= 0.6 is 0 Å². The number of piperidine rings is 1. The molecule has 3 rings (SSSR count). The van der Waals surface area contributed by atoms with Crippen molar-refractivity contribution in [3.8, 4) is 0 Å². The molecule has 6 heteroatoms. The Kier molecular flexibility index (Phi) is 6.37. The van der Waals surface area contributed by atoms with Crippen LogP contribution in [0, 0.1) is 12.7 Å². The highest BCUT2D eigenvalue weighted by Gasteiger charge is 2.27. The molecule has 1 fully saturated rings. The van der Waals surface area contributed by atoms with E-state index in [4.69, 9.17) is 0 Å². The van der Waals surface area contributed by atoms with E-state index in [1.807, 2.05) is 11.0 Å². The van der Waals surface area contributed by atoms with Crippen LogP contribution in [0.2, 0.25) is 0 Å². The SMILES string of the molecule is CCC1CCCCN1C(=O)c1cc(NCCc2ccccc2F)nc(C)n1. The Hall–Kier alpha value is -2.50. The number of benzene rings is 1. The van der Waals surface area contributed by atoms with Gasteiger partial charge in [0, 0.05) is 25.2 Å². The minimum atomic E-state index is -0.204. The first kappa shape index (κ1) is 19.3. The van der Waals surface area contributed by atoms with E-state index < -0.39 is 0 Å². The molecule has 0 bridgehead atoms. The molecule has 5 nitrogen and oxygen atoms in total. The van der Waals surface area contributed by atoms with Crippen molar-refractivity contribution in [3.63, 3.8) is 0 Å². The number of hydrogen-bond acceptors (Lipinski definition) is 4. The van der Waals surface area contributed by atoms with Crippen LogP contribution in [0.15, 0.2) is 30.3 Å². The largest absolute Gasteiger partial charge is 0.370 e. The maximum absolute atomic E-state index is 13.7. The molecule has 2 heterocycles. The van der Waals surface area contributed by atoms with Gasteiger partial charge in [0.25, 0.3) is 5.91 Å². The van der Waals surface area contributed by atoms with Crippen molar-refractivity contribution in [2.45, 2.75) is 52.0 Å².